The van der Waals surface area contributed by atoms with Crippen molar-refractivity contribution < 1.29 is 18.8 Å². The number of nitriles is 4. The molecule has 0 bridgehead atoms. The third-order valence-corrected chi connectivity index (χ3v) is 21.7. The van der Waals surface area contributed by atoms with Crippen molar-refractivity contribution in [2.75, 3.05) is 0 Å². The van der Waals surface area contributed by atoms with E-state index in [-0.39, 0.29) is 5.46 Å². The second-order valence-electron chi connectivity index (χ2n) is 29.1. The van der Waals surface area contributed by atoms with Gasteiger partial charge in [0.2, 0.25) is 0 Å². The van der Waals surface area contributed by atoms with E-state index in [1.165, 1.54) is 83.6 Å². The maximum absolute atomic E-state index is 12.3. The molecule has 0 radical (unpaired) electrons. The van der Waals surface area contributed by atoms with Gasteiger partial charge in [0.25, 0.3) is 0 Å². The quantitative estimate of drug-likeness (QED) is 0.0228. The first-order valence-electron chi connectivity index (χ1n) is 42.0. The summed E-state index contributed by atoms with van der Waals surface area (Å²) in [5.74, 6) is 29.4. The van der Waals surface area contributed by atoms with Crippen LogP contribution in [0.5, 0.6) is 0 Å². The monoisotopic (exact) mass is 1940 g/mol. The lowest BCUT2D eigenvalue weighted by atomic mass is 9.80. The van der Waals surface area contributed by atoms with Gasteiger partial charge in [0.05, 0.1) is 46.5 Å². The standard InChI is InChI=1S/C35H34N2.C35H26N2.C21H18Br2.C9H12.C6H5BF2O2.C6H4BrI/c2*36-26-30-12-8-14-34(24-30)32-20-16-28(17-21-32)10-6-4-2-1-3-5-7-11-29-18-22-33(23-19-29)35-15-9-13-31(25-35)27-37;22-20-14-10-18(11-15-20)8-6-4-2-1-3-5-7-9-19-12-16-21(23)17-13-19;1-3-5-7-9-8-6-4-2;8-5-1-4(7(10)11)2-6(9)3-5;7-5-1-3-6(8)4-2-5/h8-9,12-25H,1-7,10-11H2;8-9,12-25H,1-5H2;10-17H,1-5H2;1-2H,5-9H2;1-3,10-11H;1-4H. The minimum absolute atomic E-state index is 0.192. The molecule has 12 aromatic carbocycles. The SMILES string of the molecule is Brc1ccc(C#CCCCCCC#Cc2ccc(Br)cc2)cc1.Brc1ccc(I)cc1.C#CCCCCCC#C.N#Cc1cccc(-c2ccc(C#CCCCCCC#Cc3ccc(-c4cccc(C#N)c4)cc3)cc2)c1.N#Cc1cccc(-c2ccc(CCCCCCCCCc3ccc(-c4cccc(C#N)c4)cc3)cc2)c1.OB(O)c1cc(F)cc(F)c1. The number of benzene rings is 12. The van der Waals surface area contributed by atoms with Crippen LogP contribution >= 0.6 is 70.4 Å². The van der Waals surface area contributed by atoms with Crippen molar-refractivity contribution in [3.63, 3.8) is 0 Å². The van der Waals surface area contributed by atoms with Crippen LogP contribution < -0.4 is 5.46 Å². The zero-order valence-electron chi connectivity index (χ0n) is 70.3. The molecule has 13 heteroatoms. The lowest BCUT2D eigenvalue weighted by molar-refractivity contribution is 0.425. The third kappa shape index (κ3) is 41.8. The Morgan fingerprint density at radius 3 is 0.792 bits per heavy atom. The Labute approximate surface area is 780 Å². The summed E-state index contributed by atoms with van der Waals surface area (Å²) in [4.78, 5) is 0. The summed E-state index contributed by atoms with van der Waals surface area (Å²) in [6, 6.07) is 100. The van der Waals surface area contributed by atoms with Crippen molar-refractivity contribution in [1.29, 1.82) is 21.0 Å². The highest BCUT2D eigenvalue weighted by Gasteiger charge is 2.13. The summed E-state index contributed by atoms with van der Waals surface area (Å²) in [5.41, 5.74) is 18.3. The fourth-order valence-electron chi connectivity index (χ4n) is 12.6. The molecule has 0 atom stereocenters. The van der Waals surface area contributed by atoms with Crippen LogP contribution in [0.1, 0.15) is 197 Å². The number of unbranched alkanes of at least 4 members (excludes halogenated alkanes) is 18. The Morgan fingerprint density at radius 2 is 0.528 bits per heavy atom. The molecule has 6 nitrogen and oxygen atoms in total. The fraction of sp³-hybridized carbons (Fsp3) is 0.214. The molecule has 0 spiro atoms. The van der Waals surface area contributed by atoms with Gasteiger partial charge in [0, 0.05) is 83.8 Å². The van der Waals surface area contributed by atoms with Gasteiger partial charge < -0.3 is 10.0 Å². The third-order valence-electron chi connectivity index (χ3n) is 19.4. The zero-order chi connectivity index (χ0) is 89.1. The summed E-state index contributed by atoms with van der Waals surface area (Å²) in [6.07, 6.45) is 37.0. The Balaban J connectivity index is 0.000000226. The van der Waals surface area contributed by atoms with Crippen molar-refractivity contribution in [2.24, 2.45) is 0 Å². The molecule has 12 rings (SSSR count). The minimum Gasteiger partial charge on any atom is -0.423 e. The van der Waals surface area contributed by atoms with E-state index >= 15 is 0 Å². The first-order chi connectivity index (χ1) is 61.0. The van der Waals surface area contributed by atoms with Crippen molar-refractivity contribution >= 4 is 83.0 Å². The second-order valence-corrected chi connectivity index (χ2v) is 33.1. The number of halogens is 6. The van der Waals surface area contributed by atoms with E-state index in [2.05, 4.69) is 251 Å². The molecule has 2 N–H and O–H groups in total. The number of nitrogens with zero attached hydrogens (tertiary/aromatic N) is 4. The summed E-state index contributed by atoms with van der Waals surface area (Å²) < 4.78 is 29.2. The molecule has 0 aromatic heterocycles. The van der Waals surface area contributed by atoms with Crippen LogP contribution in [0.4, 0.5) is 8.78 Å². The maximum atomic E-state index is 12.3. The van der Waals surface area contributed by atoms with Crippen molar-refractivity contribution in [3.8, 4) is 141 Å². The Morgan fingerprint density at radius 1 is 0.280 bits per heavy atom. The average Bonchev–Trinajstić information content (AvgIpc) is 0.865. The van der Waals surface area contributed by atoms with Gasteiger partial charge in [-0.25, -0.2) is 8.78 Å². The van der Waals surface area contributed by atoms with E-state index in [1.54, 1.807) is 0 Å². The summed E-state index contributed by atoms with van der Waals surface area (Å²) in [7, 11) is -1.83. The zero-order valence-corrected chi connectivity index (χ0v) is 77.2. The van der Waals surface area contributed by atoms with Crippen LogP contribution in [0.2, 0.25) is 0 Å². The van der Waals surface area contributed by atoms with Crippen LogP contribution in [-0.4, -0.2) is 17.2 Å². The Kier molecular flexibility index (Phi) is 48.4. The van der Waals surface area contributed by atoms with E-state index < -0.39 is 18.8 Å². The van der Waals surface area contributed by atoms with Crippen LogP contribution in [-0.2, 0) is 12.8 Å². The molecule has 624 valence electrons. The molecule has 0 amide bonds. The summed E-state index contributed by atoms with van der Waals surface area (Å²) >= 11 is 12.5. The van der Waals surface area contributed by atoms with E-state index in [9.17, 15) is 8.78 Å². The number of rotatable bonds is 27. The molecule has 0 aliphatic heterocycles. The highest BCUT2D eigenvalue weighted by atomic mass is 127. The summed E-state index contributed by atoms with van der Waals surface area (Å²) in [5, 5.41) is 53.3. The second kappa shape index (κ2) is 60.5. The molecule has 0 unspecified atom stereocenters. The normalized spacial score (nSPS) is 9.74. The molecule has 0 aliphatic rings. The predicted octanol–water partition coefficient (Wildman–Crippen LogP) is 28.9. The van der Waals surface area contributed by atoms with Gasteiger partial charge >= 0.3 is 7.12 Å². The van der Waals surface area contributed by atoms with E-state index in [1.807, 2.05) is 170 Å². The van der Waals surface area contributed by atoms with Crippen molar-refractivity contribution in [2.45, 2.75) is 154 Å². The van der Waals surface area contributed by atoms with Crippen LogP contribution in [0.3, 0.4) is 0 Å². The topological polar surface area (TPSA) is 136 Å². The minimum atomic E-state index is -1.83. The van der Waals surface area contributed by atoms with Gasteiger partial charge in [-0.1, -0.05) is 268 Å². The Bertz CT molecular complexity index is 5480. The van der Waals surface area contributed by atoms with Gasteiger partial charge in [-0.2, -0.15) is 21.0 Å². The molecule has 12 aromatic rings. The highest BCUT2D eigenvalue weighted by molar-refractivity contribution is 14.1. The Hall–Kier alpha value is -12.0. The van der Waals surface area contributed by atoms with Crippen LogP contribution in [0, 0.1) is 133 Å². The number of aryl methyl sites for hydroxylation is 2. The van der Waals surface area contributed by atoms with E-state index in [0.717, 1.165) is 177 Å². The van der Waals surface area contributed by atoms with Gasteiger partial charge in [-0.05, 0) is 306 Å². The van der Waals surface area contributed by atoms with Gasteiger partial charge in [-0.15, -0.1) is 24.7 Å². The van der Waals surface area contributed by atoms with Crippen molar-refractivity contribution in [3.05, 3.63) is 369 Å². The number of terminal acetylenes is 2. The van der Waals surface area contributed by atoms with E-state index in [4.69, 9.17) is 43.9 Å². The average molecular weight is 1950 g/mol. The molecule has 125 heavy (non-hydrogen) atoms. The van der Waals surface area contributed by atoms with Gasteiger partial charge in [0.15, 0.2) is 0 Å². The lowest BCUT2D eigenvalue weighted by Crippen LogP contribution is -2.30. The lowest BCUT2D eigenvalue weighted by Gasteiger charge is -2.06. The van der Waals surface area contributed by atoms with Crippen LogP contribution in [0.15, 0.2) is 299 Å². The van der Waals surface area contributed by atoms with Crippen LogP contribution in [0.25, 0.3) is 44.5 Å². The molecular weight excluding hydrogens is 1850 g/mol. The van der Waals surface area contributed by atoms with Gasteiger partial charge in [-0.3, -0.25) is 0 Å². The van der Waals surface area contributed by atoms with Crippen molar-refractivity contribution in [1.82, 2.24) is 0 Å². The molecular formula is C112H99BBr3F2IN4O2. The fourth-order valence-corrected chi connectivity index (χ4v) is 13.7. The number of hydrogen-bond donors (Lipinski definition) is 2. The molecule has 0 heterocycles. The maximum Gasteiger partial charge on any atom is 0.488 e. The van der Waals surface area contributed by atoms with Gasteiger partial charge in [0.1, 0.15) is 11.6 Å². The molecule has 0 saturated carbocycles. The largest absolute Gasteiger partial charge is 0.488 e. The first kappa shape index (κ1) is 100. The smallest absolute Gasteiger partial charge is 0.423 e. The summed E-state index contributed by atoms with van der Waals surface area (Å²) in [6.45, 7) is 0. The molecule has 0 aliphatic carbocycles. The highest BCUT2D eigenvalue weighted by Crippen LogP contribution is 2.27. The predicted molar refractivity (Wildman–Crippen MR) is 532 cm³/mol. The number of hydrogen-bond acceptors (Lipinski definition) is 6. The van der Waals surface area contributed by atoms with E-state index in [0.29, 0.717) is 28.3 Å². The first-order valence-corrected chi connectivity index (χ1v) is 45.5. The molecule has 0 fully saturated rings. The molecule has 0 saturated heterocycles.